The van der Waals surface area contributed by atoms with Crippen LogP contribution in [-0.4, -0.2) is 28.3 Å². The third kappa shape index (κ3) is 3.56. The van der Waals surface area contributed by atoms with E-state index in [2.05, 4.69) is 26.6 Å². The highest BCUT2D eigenvalue weighted by atomic mass is 16.2. The Morgan fingerprint density at radius 2 is 2.11 bits per heavy atom. The van der Waals surface area contributed by atoms with Gasteiger partial charge in [-0.2, -0.15) is 5.10 Å². The van der Waals surface area contributed by atoms with Crippen LogP contribution in [0.1, 0.15) is 50.3 Å². The smallest absolute Gasteiger partial charge is 0.234 e. The van der Waals surface area contributed by atoms with Crippen LogP contribution in [-0.2, 0) is 11.3 Å². The molecule has 1 heterocycles. The van der Waals surface area contributed by atoms with Crippen molar-refractivity contribution in [2.24, 2.45) is 0 Å². The molecule has 5 heteroatoms. The molecule has 1 amide bonds. The standard InChI is InChI=1S/C14H22N4O/c19-14(16-11-5-6-11)10-15-9-12-7-8-18(17-12)13-3-1-2-4-13/h7-8,11,13,15H,1-6,9-10H2,(H,16,19). The van der Waals surface area contributed by atoms with Crippen LogP contribution in [0, 0.1) is 0 Å². The minimum absolute atomic E-state index is 0.0951. The highest BCUT2D eigenvalue weighted by Gasteiger charge is 2.22. The highest BCUT2D eigenvalue weighted by molar-refractivity contribution is 5.78. The molecule has 5 nitrogen and oxygen atoms in total. The van der Waals surface area contributed by atoms with Crippen molar-refractivity contribution in [3.8, 4) is 0 Å². The molecule has 0 aromatic carbocycles. The Morgan fingerprint density at radius 3 is 2.84 bits per heavy atom. The van der Waals surface area contributed by atoms with Crippen LogP contribution >= 0.6 is 0 Å². The summed E-state index contributed by atoms with van der Waals surface area (Å²) in [7, 11) is 0. The molecule has 0 spiro atoms. The Bertz CT molecular complexity index is 432. The van der Waals surface area contributed by atoms with Gasteiger partial charge in [0.25, 0.3) is 0 Å². The van der Waals surface area contributed by atoms with Crippen LogP contribution in [0.3, 0.4) is 0 Å². The van der Waals surface area contributed by atoms with Gasteiger partial charge in [-0.25, -0.2) is 0 Å². The van der Waals surface area contributed by atoms with Gasteiger partial charge in [0.2, 0.25) is 5.91 Å². The van der Waals surface area contributed by atoms with E-state index in [1.807, 2.05) is 6.07 Å². The third-order valence-electron chi connectivity index (χ3n) is 3.90. The summed E-state index contributed by atoms with van der Waals surface area (Å²) in [6.45, 7) is 1.05. The van der Waals surface area contributed by atoms with E-state index < -0.39 is 0 Å². The molecule has 0 unspecified atom stereocenters. The second-order valence-electron chi connectivity index (χ2n) is 5.67. The largest absolute Gasteiger partial charge is 0.352 e. The van der Waals surface area contributed by atoms with E-state index in [0.29, 0.717) is 25.2 Å². The molecule has 2 aliphatic carbocycles. The van der Waals surface area contributed by atoms with Crippen molar-refractivity contribution in [3.05, 3.63) is 18.0 Å². The summed E-state index contributed by atoms with van der Waals surface area (Å²) in [5.74, 6) is 0.0951. The quantitative estimate of drug-likeness (QED) is 0.814. The first-order valence-corrected chi connectivity index (χ1v) is 7.35. The maximum atomic E-state index is 11.5. The fourth-order valence-corrected chi connectivity index (χ4v) is 2.65. The van der Waals surface area contributed by atoms with Crippen LogP contribution in [0.25, 0.3) is 0 Å². The van der Waals surface area contributed by atoms with E-state index in [-0.39, 0.29) is 5.91 Å². The molecule has 1 aromatic rings. The fraction of sp³-hybridized carbons (Fsp3) is 0.714. The minimum Gasteiger partial charge on any atom is -0.352 e. The number of hydrogen-bond acceptors (Lipinski definition) is 3. The molecule has 2 saturated carbocycles. The van der Waals surface area contributed by atoms with Gasteiger partial charge in [-0.05, 0) is 31.7 Å². The summed E-state index contributed by atoms with van der Waals surface area (Å²) in [4.78, 5) is 11.5. The number of nitrogens with one attached hydrogen (secondary N) is 2. The van der Waals surface area contributed by atoms with Crippen molar-refractivity contribution in [3.63, 3.8) is 0 Å². The van der Waals surface area contributed by atoms with Crippen molar-refractivity contribution in [2.75, 3.05) is 6.54 Å². The predicted octanol–water partition coefficient (Wildman–Crippen LogP) is 1.37. The number of hydrogen-bond donors (Lipinski definition) is 2. The molecular weight excluding hydrogens is 240 g/mol. The first-order valence-electron chi connectivity index (χ1n) is 7.35. The Kier molecular flexibility index (Phi) is 3.82. The molecular formula is C14H22N4O. The van der Waals surface area contributed by atoms with Gasteiger partial charge in [-0.1, -0.05) is 12.8 Å². The lowest BCUT2D eigenvalue weighted by molar-refractivity contribution is -0.120. The Balaban J connectivity index is 1.40. The van der Waals surface area contributed by atoms with Crippen molar-refractivity contribution >= 4 is 5.91 Å². The van der Waals surface area contributed by atoms with Crippen molar-refractivity contribution in [1.82, 2.24) is 20.4 Å². The summed E-state index contributed by atoms with van der Waals surface area (Å²) in [6, 6.07) is 3.08. The second-order valence-corrected chi connectivity index (χ2v) is 5.67. The van der Waals surface area contributed by atoms with Gasteiger partial charge in [0, 0.05) is 18.8 Å². The van der Waals surface area contributed by atoms with Crippen LogP contribution < -0.4 is 10.6 Å². The monoisotopic (exact) mass is 262 g/mol. The van der Waals surface area contributed by atoms with Gasteiger partial charge in [0.05, 0.1) is 18.3 Å². The summed E-state index contributed by atoms with van der Waals surface area (Å²) < 4.78 is 2.09. The minimum atomic E-state index is 0.0951. The first kappa shape index (κ1) is 12.7. The number of aromatic nitrogens is 2. The van der Waals surface area contributed by atoms with Crippen molar-refractivity contribution < 1.29 is 4.79 Å². The molecule has 0 radical (unpaired) electrons. The Labute approximate surface area is 113 Å². The maximum Gasteiger partial charge on any atom is 0.234 e. The number of nitrogens with zero attached hydrogens (tertiary/aromatic N) is 2. The number of amides is 1. The van der Waals surface area contributed by atoms with Gasteiger partial charge in [0.15, 0.2) is 0 Å². The van der Waals surface area contributed by atoms with E-state index in [9.17, 15) is 4.79 Å². The lowest BCUT2D eigenvalue weighted by Gasteiger charge is -2.09. The summed E-state index contributed by atoms with van der Waals surface area (Å²) in [5, 5.41) is 10.7. The van der Waals surface area contributed by atoms with Gasteiger partial charge in [-0.3, -0.25) is 9.48 Å². The van der Waals surface area contributed by atoms with Crippen LogP contribution in [0.2, 0.25) is 0 Å². The molecule has 3 rings (SSSR count). The summed E-state index contributed by atoms with van der Waals surface area (Å²) in [6.07, 6.45) is 9.47. The molecule has 0 aliphatic heterocycles. The molecule has 1 aromatic heterocycles. The van der Waals surface area contributed by atoms with Crippen LogP contribution in [0.4, 0.5) is 0 Å². The van der Waals surface area contributed by atoms with Gasteiger partial charge < -0.3 is 10.6 Å². The van der Waals surface area contributed by atoms with E-state index >= 15 is 0 Å². The Hall–Kier alpha value is -1.36. The van der Waals surface area contributed by atoms with E-state index in [0.717, 1.165) is 18.5 Å². The molecule has 19 heavy (non-hydrogen) atoms. The van der Waals surface area contributed by atoms with Gasteiger partial charge >= 0.3 is 0 Å². The van der Waals surface area contributed by atoms with Crippen molar-refractivity contribution in [1.29, 1.82) is 0 Å². The highest BCUT2D eigenvalue weighted by Crippen LogP contribution is 2.28. The molecule has 2 fully saturated rings. The molecule has 2 N–H and O–H groups in total. The van der Waals surface area contributed by atoms with E-state index in [1.165, 1.54) is 25.7 Å². The molecule has 0 saturated heterocycles. The zero-order valence-corrected chi connectivity index (χ0v) is 11.3. The normalized spacial score (nSPS) is 19.8. The summed E-state index contributed by atoms with van der Waals surface area (Å²) in [5.41, 5.74) is 1.02. The van der Waals surface area contributed by atoms with E-state index in [1.54, 1.807) is 0 Å². The lowest BCUT2D eigenvalue weighted by Crippen LogP contribution is -2.34. The maximum absolute atomic E-state index is 11.5. The number of rotatable bonds is 6. The Morgan fingerprint density at radius 1 is 1.32 bits per heavy atom. The predicted molar refractivity (Wildman–Crippen MR) is 72.6 cm³/mol. The molecule has 2 aliphatic rings. The van der Waals surface area contributed by atoms with E-state index in [4.69, 9.17) is 0 Å². The molecule has 104 valence electrons. The zero-order valence-electron chi connectivity index (χ0n) is 11.3. The van der Waals surface area contributed by atoms with Crippen molar-refractivity contribution in [2.45, 2.75) is 57.2 Å². The van der Waals surface area contributed by atoms with Gasteiger partial charge in [0.1, 0.15) is 0 Å². The third-order valence-corrected chi connectivity index (χ3v) is 3.90. The number of carbonyl (C=O) groups excluding carboxylic acids is 1. The second kappa shape index (κ2) is 5.74. The average molecular weight is 262 g/mol. The molecule has 0 atom stereocenters. The summed E-state index contributed by atoms with van der Waals surface area (Å²) >= 11 is 0. The topological polar surface area (TPSA) is 59.0 Å². The molecule has 0 bridgehead atoms. The lowest BCUT2D eigenvalue weighted by atomic mass is 10.3. The van der Waals surface area contributed by atoms with Crippen LogP contribution in [0.5, 0.6) is 0 Å². The zero-order chi connectivity index (χ0) is 13.1. The van der Waals surface area contributed by atoms with Crippen LogP contribution in [0.15, 0.2) is 12.3 Å². The van der Waals surface area contributed by atoms with Gasteiger partial charge in [-0.15, -0.1) is 0 Å². The SMILES string of the molecule is O=C(CNCc1ccn(C2CCCC2)n1)NC1CC1. The fourth-order valence-electron chi connectivity index (χ4n) is 2.65. The first-order chi connectivity index (χ1) is 9.31. The number of carbonyl (C=O) groups is 1. The average Bonchev–Trinajstić information content (AvgIpc) is 2.91.